The molecule has 0 saturated carbocycles. The highest BCUT2D eigenvalue weighted by molar-refractivity contribution is 5.94. The first kappa shape index (κ1) is 19.3. The minimum atomic E-state index is -0.947. The van der Waals surface area contributed by atoms with E-state index in [1.807, 2.05) is 24.3 Å². The smallest absolute Gasteiger partial charge is 0.252 e. The predicted octanol–water partition coefficient (Wildman–Crippen LogP) is 4.08. The second kappa shape index (κ2) is 8.94. The largest absolute Gasteiger partial charge is 0.497 e. The molecular weight excluding hydrogens is 364 g/mol. The lowest BCUT2D eigenvalue weighted by molar-refractivity contribution is 0.0954. The van der Waals surface area contributed by atoms with Crippen LogP contribution in [0.4, 0.5) is 20.3 Å². The predicted molar refractivity (Wildman–Crippen MR) is 103 cm³/mol. The molecule has 1 aromatic heterocycles. The Morgan fingerprint density at radius 3 is 2.64 bits per heavy atom. The Balaban J connectivity index is 1.53. The van der Waals surface area contributed by atoms with Crippen molar-refractivity contribution in [1.29, 1.82) is 0 Å². The van der Waals surface area contributed by atoms with E-state index in [4.69, 9.17) is 4.74 Å². The number of aromatic nitrogens is 1. The van der Waals surface area contributed by atoms with E-state index < -0.39 is 11.6 Å². The van der Waals surface area contributed by atoms with Gasteiger partial charge in [-0.1, -0.05) is 12.1 Å². The van der Waals surface area contributed by atoms with Gasteiger partial charge in [0.05, 0.1) is 12.7 Å². The maximum Gasteiger partial charge on any atom is 0.252 e. The van der Waals surface area contributed by atoms with Crippen molar-refractivity contribution in [3.05, 3.63) is 83.6 Å². The topological polar surface area (TPSA) is 63.2 Å². The lowest BCUT2D eigenvalue weighted by atomic mass is 10.1. The summed E-state index contributed by atoms with van der Waals surface area (Å²) in [5.41, 5.74) is 1.83. The van der Waals surface area contributed by atoms with Crippen molar-refractivity contribution < 1.29 is 18.3 Å². The van der Waals surface area contributed by atoms with Gasteiger partial charge in [-0.3, -0.25) is 4.79 Å². The highest BCUT2D eigenvalue weighted by Crippen LogP contribution is 2.18. The molecule has 28 heavy (non-hydrogen) atoms. The Morgan fingerprint density at radius 1 is 1.07 bits per heavy atom. The standard InChI is InChI=1S/C21H19F2N3O2/c1-28-17-4-2-3-14(11-17)9-10-24-21(27)15-5-8-20(25-13-15)26-16-6-7-18(22)19(23)12-16/h2-8,11-13H,9-10H2,1H3,(H,24,27)(H,25,26). The van der Waals surface area contributed by atoms with Gasteiger partial charge in [-0.15, -0.1) is 0 Å². The number of halogens is 2. The van der Waals surface area contributed by atoms with Crippen molar-refractivity contribution >= 4 is 17.4 Å². The van der Waals surface area contributed by atoms with Crippen LogP contribution in [0.25, 0.3) is 0 Å². The highest BCUT2D eigenvalue weighted by Gasteiger charge is 2.07. The minimum absolute atomic E-state index is 0.241. The second-order valence-corrected chi connectivity index (χ2v) is 6.04. The molecule has 0 saturated heterocycles. The highest BCUT2D eigenvalue weighted by atomic mass is 19.2. The minimum Gasteiger partial charge on any atom is -0.497 e. The molecule has 0 atom stereocenters. The molecule has 144 valence electrons. The van der Waals surface area contributed by atoms with Gasteiger partial charge in [0.2, 0.25) is 0 Å². The van der Waals surface area contributed by atoms with E-state index in [0.717, 1.165) is 23.4 Å². The zero-order valence-corrected chi connectivity index (χ0v) is 15.2. The monoisotopic (exact) mass is 383 g/mol. The molecule has 1 heterocycles. The quantitative estimate of drug-likeness (QED) is 0.645. The molecule has 2 N–H and O–H groups in total. The normalized spacial score (nSPS) is 10.4. The summed E-state index contributed by atoms with van der Waals surface area (Å²) < 4.78 is 31.4. The molecule has 0 aliphatic heterocycles. The summed E-state index contributed by atoms with van der Waals surface area (Å²) >= 11 is 0. The number of pyridine rings is 1. The maximum absolute atomic E-state index is 13.2. The van der Waals surface area contributed by atoms with E-state index in [0.29, 0.717) is 30.0 Å². The van der Waals surface area contributed by atoms with Gasteiger partial charge >= 0.3 is 0 Å². The van der Waals surface area contributed by atoms with Crippen molar-refractivity contribution in [1.82, 2.24) is 10.3 Å². The van der Waals surface area contributed by atoms with E-state index in [9.17, 15) is 13.6 Å². The van der Waals surface area contributed by atoms with Crippen molar-refractivity contribution in [3.63, 3.8) is 0 Å². The van der Waals surface area contributed by atoms with Gasteiger partial charge in [-0.25, -0.2) is 13.8 Å². The molecule has 0 unspecified atom stereocenters. The van der Waals surface area contributed by atoms with Crippen molar-refractivity contribution in [3.8, 4) is 5.75 Å². The Labute approximate surface area is 161 Å². The fourth-order valence-corrected chi connectivity index (χ4v) is 2.57. The summed E-state index contributed by atoms with van der Waals surface area (Å²) in [7, 11) is 1.61. The molecule has 0 aliphatic carbocycles. The van der Waals surface area contributed by atoms with Crippen LogP contribution in [-0.2, 0) is 6.42 Å². The fourth-order valence-electron chi connectivity index (χ4n) is 2.57. The zero-order chi connectivity index (χ0) is 19.9. The van der Waals surface area contributed by atoms with E-state index >= 15 is 0 Å². The average Bonchev–Trinajstić information content (AvgIpc) is 2.71. The number of nitrogens with zero attached hydrogens (tertiary/aromatic N) is 1. The van der Waals surface area contributed by atoms with Gasteiger partial charge in [0, 0.05) is 24.5 Å². The summed E-state index contributed by atoms with van der Waals surface area (Å²) in [6.07, 6.45) is 2.09. The van der Waals surface area contributed by atoms with Crippen LogP contribution in [-0.4, -0.2) is 24.5 Å². The van der Waals surface area contributed by atoms with Crippen LogP contribution in [0.15, 0.2) is 60.8 Å². The van der Waals surface area contributed by atoms with Crippen molar-refractivity contribution in [2.75, 3.05) is 19.0 Å². The summed E-state index contributed by atoms with van der Waals surface area (Å²) in [5.74, 6) is -0.914. The van der Waals surface area contributed by atoms with Gasteiger partial charge in [-0.05, 0) is 48.4 Å². The summed E-state index contributed by atoms with van der Waals surface area (Å²) in [6.45, 7) is 0.473. The molecule has 0 aliphatic rings. The van der Waals surface area contributed by atoms with Crippen molar-refractivity contribution in [2.24, 2.45) is 0 Å². The number of amides is 1. The zero-order valence-electron chi connectivity index (χ0n) is 15.2. The summed E-state index contributed by atoms with van der Waals surface area (Å²) in [6, 6.07) is 14.3. The Kier molecular flexibility index (Phi) is 6.16. The molecule has 5 nitrogen and oxygen atoms in total. The van der Waals surface area contributed by atoms with Crippen LogP contribution in [0, 0.1) is 11.6 Å². The first-order valence-corrected chi connectivity index (χ1v) is 8.64. The third kappa shape index (κ3) is 5.03. The molecule has 0 radical (unpaired) electrons. The number of hydrogen-bond acceptors (Lipinski definition) is 4. The number of carbonyl (C=O) groups excluding carboxylic acids is 1. The molecular formula is C21H19F2N3O2. The number of rotatable bonds is 7. The van der Waals surface area contributed by atoms with E-state index in [2.05, 4.69) is 15.6 Å². The summed E-state index contributed by atoms with van der Waals surface area (Å²) in [5, 5.41) is 5.69. The van der Waals surface area contributed by atoms with Crippen LogP contribution < -0.4 is 15.4 Å². The second-order valence-electron chi connectivity index (χ2n) is 6.04. The fraction of sp³-hybridized carbons (Fsp3) is 0.143. The number of benzene rings is 2. The van der Waals surface area contributed by atoms with Crippen LogP contribution in [0.3, 0.4) is 0 Å². The third-order valence-electron chi connectivity index (χ3n) is 4.05. The van der Waals surface area contributed by atoms with Crippen LogP contribution in [0.1, 0.15) is 15.9 Å². The molecule has 3 rings (SSSR count). The Morgan fingerprint density at radius 2 is 1.93 bits per heavy atom. The molecule has 1 amide bonds. The average molecular weight is 383 g/mol. The molecule has 0 fully saturated rings. The van der Waals surface area contributed by atoms with E-state index in [1.54, 1.807) is 19.2 Å². The van der Waals surface area contributed by atoms with Gasteiger partial charge < -0.3 is 15.4 Å². The number of ether oxygens (including phenoxy) is 1. The first-order valence-electron chi connectivity index (χ1n) is 8.64. The van der Waals surface area contributed by atoms with Gasteiger partial charge in [0.25, 0.3) is 5.91 Å². The van der Waals surface area contributed by atoms with Crippen LogP contribution in [0.5, 0.6) is 5.75 Å². The molecule has 0 bridgehead atoms. The van der Waals surface area contributed by atoms with E-state index in [-0.39, 0.29) is 5.91 Å². The van der Waals surface area contributed by atoms with Gasteiger partial charge in [0.15, 0.2) is 11.6 Å². The number of methoxy groups -OCH3 is 1. The lowest BCUT2D eigenvalue weighted by Gasteiger charge is -2.08. The number of hydrogen-bond donors (Lipinski definition) is 2. The number of anilines is 2. The van der Waals surface area contributed by atoms with E-state index in [1.165, 1.54) is 12.3 Å². The SMILES string of the molecule is COc1cccc(CCNC(=O)c2ccc(Nc3ccc(F)c(F)c3)nc2)c1. The number of nitrogens with one attached hydrogen (secondary N) is 2. The molecule has 2 aromatic carbocycles. The number of carbonyl (C=O) groups is 1. The Bertz CT molecular complexity index is 962. The maximum atomic E-state index is 13.2. The van der Waals surface area contributed by atoms with Crippen LogP contribution in [0.2, 0.25) is 0 Å². The summed E-state index contributed by atoms with van der Waals surface area (Å²) in [4.78, 5) is 16.4. The van der Waals surface area contributed by atoms with Crippen LogP contribution >= 0.6 is 0 Å². The van der Waals surface area contributed by atoms with Gasteiger partial charge in [0.1, 0.15) is 11.6 Å². The molecule has 0 spiro atoms. The third-order valence-corrected chi connectivity index (χ3v) is 4.05. The van der Waals surface area contributed by atoms with Gasteiger partial charge in [-0.2, -0.15) is 0 Å². The first-order chi connectivity index (χ1) is 13.5. The lowest BCUT2D eigenvalue weighted by Crippen LogP contribution is -2.25. The molecule has 3 aromatic rings. The molecule has 7 heteroatoms. The Hall–Kier alpha value is -3.48. The van der Waals surface area contributed by atoms with Crippen molar-refractivity contribution in [2.45, 2.75) is 6.42 Å².